The molecule has 0 bridgehead atoms. The van der Waals surface area contributed by atoms with Crippen LogP contribution in [0.15, 0.2) is 78.9 Å². The van der Waals surface area contributed by atoms with E-state index in [0.29, 0.717) is 18.1 Å². The highest BCUT2D eigenvalue weighted by atomic mass is 16.5. The van der Waals surface area contributed by atoms with Crippen molar-refractivity contribution in [3.8, 4) is 23.0 Å². The summed E-state index contributed by atoms with van der Waals surface area (Å²) in [6.07, 6.45) is 0. The number of ether oxygens (including phenoxy) is 2. The first kappa shape index (κ1) is 14.0. The fourth-order valence-electron chi connectivity index (χ4n) is 2.04. The lowest BCUT2D eigenvalue weighted by atomic mass is 10.2. The van der Waals surface area contributed by atoms with Crippen LogP contribution in [0.2, 0.25) is 0 Å². The molecule has 0 aromatic heterocycles. The number of phenols is 1. The molecule has 3 nitrogen and oxygen atoms in total. The summed E-state index contributed by atoms with van der Waals surface area (Å²) in [4.78, 5) is 0. The van der Waals surface area contributed by atoms with Crippen LogP contribution in [-0.2, 0) is 6.61 Å². The van der Waals surface area contributed by atoms with Crippen LogP contribution < -0.4 is 9.47 Å². The molecule has 0 heterocycles. The van der Waals surface area contributed by atoms with E-state index in [1.165, 1.54) is 0 Å². The molecule has 1 N–H and O–H groups in total. The molecule has 0 unspecified atom stereocenters. The minimum atomic E-state index is 0.0596. The fraction of sp³-hybridized carbons (Fsp3) is 0.0526. The summed E-state index contributed by atoms with van der Waals surface area (Å²) in [5.74, 6) is 1.78. The predicted molar refractivity (Wildman–Crippen MR) is 85.4 cm³/mol. The lowest BCUT2D eigenvalue weighted by Crippen LogP contribution is -1.95. The Bertz CT molecular complexity index is 724. The zero-order chi connectivity index (χ0) is 15.2. The molecule has 0 saturated carbocycles. The average Bonchev–Trinajstić information content (AvgIpc) is 2.56. The zero-order valence-corrected chi connectivity index (χ0v) is 12.0. The summed E-state index contributed by atoms with van der Waals surface area (Å²) in [7, 11) is 0. The first-order valence-corrected chi connectivity index (χ1v) is 7.04. The van der Waals surface area contributed by atoms with Gasteiger partial charge in [0.1, 0.15) is 18.1 Å². The molecule has 0 spiro atoms. The molecule has 0 atom stereocenters. The fourth-order valence-corrected chi connectivity index (χ4v) is 2.04. The SMILES string of the molecule is Oc1cc(Oc2ccccc2)ccc1OCc1ccccc1. The highest BCUT2D eigenvalue weighted by molar-refractivity contribution is 5.45. The van der Waals surface area contributed by atoms with E-state index < -0.39 is 0 Å². The maximum absolute atomic E-state index is 10.0. The van der Waals surface area contributed by atoms with Crippen molar-refractivity contribution in [1.82, 2.24) is 0 Å². The number of hydrogen-bond acceptors (Lipinski definition) is 3. The normalized spacial score (nSPS) is 10.2. The quantitative estimate of drug-likeness (QED) is 0.736. The smallest absolute Gasteiger partial charge is 0.161 e. The van der Waals surface area contributed by atoms with Crippen molar-refractivity contribution >= 4 is 0 Å². The molecule has 0 amide bonds. The Balaban J connectivity index is 1.67. The van der Waals surface area contributed by atoms with E-state index in [1.807, 2.05) is 60.7 Å². The van der Waals surface area contributed by atoms with Crippen LogP contribution in [0, 0.1) is 0 Å². The summed E-state index contributed by atoms with van der Waals surface area (Å²) in [6, 6.07) is 24.3. The number of hydrogen-bond donors (Lipinski definition) is 1. The number of phenolic OH excluding ortho intramolecular Hbond substituents is 1. The summed E-state index contributed by atoms with van der Waals surface area (Å²) in [5.41, 5.74) is 1.05. The van der Waals surface area contributed by atoms with Crippen molar-refractivity contribution in [2.45, 2.75) is 6.61 Å². The monoisotopic (exact) mass is 292 g/mol. The van der Waals surface area contributed by atoms with Gasteiger partial charge in [-0.3, -0.25) is 0 Å². The van der Waals surface area contributed by atoms with Gasteiger partial charge in [-0.1, -0.05) is 48.5 Å². The highest BCUT2D eigenvalue weighted by Crippen LogP contribution is 2.32. The van der Waals surface area contributed by atoms with E-state index in [9.17, 15) is 5.11 Å². The van der Waals surface area contributed by atoms with Gasteiger partial charge in [-0.15, -0.1) is 0 Å². The van der Waals surface area contributed by atoms with Gasteiger partial charge in [0.15, 0.2) is 11.5 Å². The van der Waals surface area contributed by atoms with E-state index in [-0.39, 0.29) is 5.75 Å². The molecule has 0 aliphatic rings. The van der Waals surface area contributed by atoms with E-state index in [4.69, 9.17) is 9.47 Å². The molecule has 3 aromatic carbocycles. The summed E-state index contributed by atoms with van der Waals surface area (Å²) in [5, 5.41) is 10.0. The Hall–Kier alpha value is -2.94. The van der Waals surface area contributed by atoms with Gasteiger partial charge in [0.05, 0.1) is 0 Å². The molecule has 110 valence electrons. The van der Waals surface area contributed by atoms with Crippen LogP contribution in [0.5, 0.6) is 23.0 Å². The van der Waals surface area contributed by atoms with Crippen LogP contribution in [0.4, 0.5) is 0 Å². The molecular weight excluding hydrogens is 276 g/mol. The van der Waals surface area contributed by atoms with Crippen LogP contribution >= 0.6 is 0 Å². The van der Waals surface area contributed by atoms with Crippen LogP contribution in [0.1, 0.15) is 5.56 Å². The topological polar surface area (TPSA) is 38.7 Å². The Kier molecular flexibility index (Phi) is 4.25. The largest absolute Gasteiger partial charge is 0.504 e. The first-order chi connectivity index (χ1) is 10.8. The maximum Gasteiger partial charge on any atom is 0.161 e. The Morgan fingerprint density at radius 2 is 1.41 bits per heavy atom. The summed E-state index contributed by atoms with van der Waals surface area (Å²) in [6.45, 7) is 0.410. The standard InChI is InChI=1S/C19H16O3/c20-18-13-17(22-16-9-5-2-6-10-16)11-12-19(18)21-14-15-7-3-1-4-8-15/h1-13,20H,14H2. The lowest BCUT2D eigenvalue weighted by molar-refractivity contribution is 0.288. The predicted octanol–water partition coefficient (Wildman–Crippen LogP) is 4.76. The van der Waals surface area contributed by atoms with Crippen molar-refractivity contribution in [2.75, 3.05) is 0 Å². The number of benzene rings is 3. The minimum absolute atomic E-state index is 0.0596. The average molecular weight is 292 g/mol. The van der Waals surface area contributed by atoms with Crippen molar-refractivity contribution in [1.29, 1.82) is 0 Å². The molecule has 0 fully saturated rings. The van der Waals surface area contributed by atoms with Crippen LogP contribution in [0.3, 0.4) is 0 Å². The van der Waals surface area contributed by atoms with Gasteiger partial charge in [0.25, 0.3) is 0 Å². The molecule has 0 saturated heterocycles. The van der Waals surface area contributed by atoms with Gasteiger partial charge in [0.2, 0.25) is 0 Å². The van der Waals surface area contributed by atoms with Gasteiger partial charge in [-0.05, 0) is 29.8 Å². The van der Waals surface area contributed by atoms with Crippen molar-refractivity contribution in [3.63, 3.8) is 0 Å². The van der Waals surface area contributed by atoms with E-state index in [2.05, 4.69) is 0 Å². The third-order valence-corrected chi connectivity index (χ3v) is 3.15. The second kappa shape index (κ2) is 6.68. The molecule has 0 aliphatic heterocycles. The molecule has 3 heteroatoms. The lowest BCUT2D eigenvalue weighted by Gasteiger charge is -2.10. The molecule has 22 heavy (non-hydrogen) atoms. The first-order valence-electron chi connectivity index (χ1n) is 7.04. The van der Waals surface area contributed by atoms with E-state index in [1.54, 1.807) is 18.2 Å². The van der Waals surface area contributed by atoms with Gasteiger partial charge in [-0.25, -0.2) is 0 Å². The maximum atomic E-state index is 10.0. The van der Waals surface area contributed by atoms with Gasteiger partial charge in [0, 0.05) is 6.07 Å². The van der Waals surface area contributed by atoms with E-state index >= 15 is 0 Å². The number of para-hydroxylation sites is 1. The highest BCUT2D eigenvalue weighted by Gasteiger charge is 2.06. The molecule has 0 radical (unpaired) electrons. The van der Waals surface area contributed by atoms with Crippen LogP contribution in [-0.4, -0.2) is 5.11 Å². The zero-order valence-electron chi connectivity index (χ0n) is 12.0. The molecule has 0 aliphatic carbocycles. The number of rotatable bonds is 5. The summed E-state index contributed by atoms with van der Waals surface area (Å²) >= 11 is 0. The minimum Gasteiger partial charge on any atom is -0.504 e. The third kappa shape index (κ3) is 3.58. The second-order valence-electron chi connectivity index (χ2n) is 4.82. The molecule has 3 rings (SSSR count). The molecular formula is C19H16O3. The second-order valence-corrected chi connectivity index (χ2v) is 4.82. The third-order valence-electron chi connectivity index (χ3n) is 3.15. The van der Waals surface area contributed by atoms with Crippen molar-refractivity contribution < 1.29 is 14.6 Å². The van der Waals surface area contributed by atoms with Gasteiger partial charge >= 0.3 is 0 Å². The van der Waals surface area contributed by atoms with Crippen molar-refractivity contribution in [2.24, 2.45) is 0 Å². The van der Waals surface area contributed by atoms with E-state index in [0.717, 1.165) is 11.3 Å². The molecule has 3 aromatic rings. The Morgan fingerprint density at radius 3 is 2.09 bits per heavy atom. The van der Waals surface area contributed by atoms with Crippen LogP contribution in [0.25, 0.3) is 0 Å². The summed E-state index contributed by atoms with van der Waals surface area (Å²) < 4.78 is 11.3. The Labute approximate surface area is 129 Å². The van der Waals surface area contributed by atoms with Crippen molar-refractivity contribution in [3.05, 3.63) is 84.4 Å². The Morgan fingerprint density at radius 1 is 0.727 bits per heavy atom. The number of aromatic hydroxyl groups is 1. The van der Waals surface area contributed by atoms with Gasteiger partial charge in [-0.2, -0.15) is 0 Å². The van der Waals surface area contributed by atoms with Gasteiger partial charge < -0.3 is 14.6 Å².